The highest BCUT2D eigenvalue weighted by molar-refractivity contribution is 5.73. The van der Waals surface area contributed by atoms with Crippen molar-refractivity contribution in [3.05, 3.63) is 0 Å². The van der Waals surface area contributed by atoms with Crippen molar-refractivity contribution in [1.29, 1.82) is 0 Å². The number of hydrogen-bond acceptors (Lipinski definition) is 10. The lowest BCUT2D eigenvalue weighted by Gasteiger charge is -2.32. The van der Waals surface area contributed by atoms with E-state index in [-0.39, 0.29) is 35.7 Å². The molecular formula is C50H98N4O6. The molecule has 0 aliphatic carbocycles. The first-order valence-corrected chi connectivity index (χ1v) is 25.7. The number of esters is 3. The summed E-state index contributed by atoms with van der Waals surface area (Å²) in [5, 5.41) is 3.46. The minimum atomic E-state index is -0.0600. The third-order valence-electron chi connectivity index (χ3n) is 12.6. The van der Waals surface area contributed by atoms with Gasteiger partial charge in [-0.2, -0.15) is 0 Å². The van der Waals surface area contributed by atoms with Crippen LogP contribution < -0.4 is 5.32 Å². The molecule has 0 aromatic carbocycles. The quantitative estimate of drug-likeness (QED) is 0.0363. The molecule has 60 heavy (non-hydrogen) atoms. The predicted octanol–water partition coefficient (Wildman–Crippen LogP) is 10.5. The Morgan fingerprint density at radius 1 is 0.433 bits per heavy atom. The van der Waals surface area contributed by atoms with Crippen LogP contribution in [-0.2, 0) is 28.6 Å². The van der Waals surface area contributed by atoms with Crippen LogP contribution in [0.2, 0.25) is 0 Å². The SMILES string of the molecule is CCCCCCC(CCCC)C(=O)OCCN(CCOC(=O)C(CCCC)CCCCCC)CCN(CCOC(=O)C(CCCC)CCCCCC)CCN1CCNCC1. The zero-order valence-corrected chi connectivity index (χ0v) is 40.4. The van der Waals surface area contributed by atoms with Gasteiger partial charge in [0.25, 0.3) is 0 Å². The molecule has 0 aromatic heterocycles. The first kappa shape index (κ1) is 56.3. The van der Waals surface area contributed by atoms with Crippen LogP contribution in [0.1, 0.15) is 196 Å². The summed E-state index contributed by atoms with van der Waals surface area (Å²) in [6.07, 6.45) is 25.8. The predicted molar refractivity (Wildman–Crippen MR) is 250 cm³/mol. The van der Waals surface area contributed by atoms with E-state index in [0.29, 0.717) is 39.5 Å². The van der Waals surface area contributed by atoms with Crippen LogP contribution in [0.15, 0.2) is 0 Å². The number of nitrogens with one attached hydrogen (secondary N) is 1. The van der Waals surface area contributed by atoms with Gasteiger partial charge >= 0.3 is 17.9 Å². The zero-order chi connectivity index (χ0) is 43.9. The van der Waals surface area contributed by atoms with Gasteiger partial charge < -0.3 is 19.5 Å². The van der Waals surface area contributed by atoms with Crippen molar-refractivity contribution in [2.24, 2.45) is 17.8 Å². The monoisotopic (exact) mass is 851 g/mol. The smallest absolute Gasteiger partial charge is 0.308 e. The van der Waals surface area contributed by atoms with Gasteiger partial charge in [0.05, 0.1) is 17.8 Å². The Labute approximate surface area is 370 Å². The maximum Gasteiger partial charge on any atom is 0.308 e. The van der Waals surface area contributed by atoms with Crippen molar-refractivity contribution >= 4 is 17.9 Å². The van der Waals surface area contributed by atoms with E-state index in [4.69, 9.17) is 14.2 Å². The number of carbonyl (C=O) groups excluding carboxylic acids is 3. The molecule has 1 aliphatic heterocycles. The second-order valence-corrected chi connectivity index (χ2v) is 17.8. The van der Waals surface area contributed by atoms with Gasteiger partial charge in [-0.05, 0) is 38.5 Å². The first-order valence-electron chi connectivity index (χ1n) is 25.7. The third-order valence-corrected chi connectivity index (χ3v) is 12.6. The molecule has 1 N–H and O–H groups in total. The van der Waals surface area contributed by atoms with E-state index in [2.05, 4.69) is 61.6 Å². The van der Waals surface area contributed by atoms with Crippen molar-refractivity contribution in [3.63, 3.8) is 0 Å². The number of nitrogens with zero attached hydrogens (tertiary/aromatic N) is 3. The summed E-state index contributed by atoms with van der Waals surface area (Å²) in [6.45, 7) is 23.6. The van der Waals surface area contributed by atoms with Crippen molar-refractivity contribution in [2.75, 3.05) is 91.8 Å². The summed E-state index contributed by atoms with van der Waals surface area (Å²) in [4.78, 5) is 47.4. The molecule has 0 saturated carbocycles. The Bertz CT molecular complexity index is 969. The van der Waals surface area contributed by atoms with Crippen LogP contribution in [0.25, 0.3) is 0 Å². The molecule has 0 aromatic rings. The zero-order valence-electron chi connectivity index (χ0n) is 40.4. The molecule has 10 heteroatoms. The molecule has 1 heterocycles. The molecule has 3 unspecified atom stereocenters. The van der Waals surface area contributed by atoms with Gasteiger partial charge in [0.2, 0.25) is 0 Å². The van der Waals surface area contributed by atoms with E-state index < -0.39 is 0 Å². The number of piperazine rings is 1. The largest absolute Gasteiger partial charge is 0.464 e. The maximum absolute atomic E-state index is 13.4. The van der Waals surface area contributed by atoms with Gasteiger partial charge in [-0.1, -0.05) is 157 Å². The summed E-state index contributed by atoms with van der Waals surface area (Å²) in [5.41, 5.74) is 0. The van der Waals surface area contributed by atoms with Crippen LogP contribution in [0.3, 0.4) is 0 Å². The second kappa shape index (κ2) is 40.1. The molecule has 0 radical (unpaired) electrons. The van der Waals surface area contributed by atoms with E-state index in [1.54, 1.807) is 0 Å². The van der Waals surface area contributed by atoms with Crippen LogP contribution in [0.4, 0.5) is 0 Å². The van der Waals surface area contributed by atoms with E-state index in [1.807, 2.05) is 0 Å². The highest BCUT2D eigenvalue weighted by Gasteiger charge is 2.23. The Morgan fingerprint density at radius 3 is 1.08 bits per heavy atom. The minimum absolute atomic E-state index is 0.00663. The van der Waals surface area contributed by atoms with E-state index >= 15 is 0 Å². The van der Waals surface area contributed by atoms with Crippen molar-refractivity contribution < 1.29 is 28.6 Å². The molecule has 354 valence electrons. The molecule has 0 bridgehead atoms. The summed E-state index contributed by atoms with van der Waals surface area (Å²) in [7, 11) is 0. The van der Waals surface area contributed by atoms with E-state index in [1.165, 1.54) is 57.8 Å². The number of unbranched alkanes of at least 4 members (excludes halogenated alkanes) is 12. The van der Waals surface area contributed by atoms with Crippen LogP contribution in [-0.4, -0.2) is 124 Å². The molecule has 1 rings (SSSR count). The van der Waals surface area contributed by atoms with E-state index in [9.17, 15) is 14.4 Å². The molecule has 0 amide bonds. The van der Waals surface area contributed by atoms with Gasteiger partial charge in [0, 0.05) is 72.0 Å². The van der Waals surface area contributed by atoms with Gasteiger partial charge in [0.1, 0.15) is 19.8 Å². The molecule has 1 fully saturated rings. The fourth-order valence-corrected chi connectivity index (χ4v) is 8.30. The van der Waals surface area contributed by atoms with Gasteiger partial charge in [-0.25, -0.2) is 0 Å². The van der Waals surface area contributed by atoms with Gasteiger partial charge in [0.15, 0.2) is 0 Å². The van der Waals surface area contributed by atoms with Crippen LogP contribution >= 0.6 is 0 Å². The molecule has 10 nitrogen and oxygen atoms in total. The third kappa shape index (κ3) is 29.5. The van der Waals surface area contributed by atoms with Crippen LogP contribution in [0.5, 0.6) is 0 Å². The average Bonchev–Trinajstić information content (AvgIpc) is 3.26. The summed E-state index contributed by atoms with van der Waals surface area (Å²) in [5.74, 6) is -0.222. The normalized spacial score (nSPS) is 15.0. The average molecular weight is 851 g/mol. The lowest BCUT2D eigenvalue weighted by molar-refractivity contribution is -0.151. The van der Waals surface area contributed by atoms with E-state index in [0.717, 1.165) is 149 Å². The van der Waals surface area contributed by atoms with Gasteiger partial charge in [-0.15, -0.1) is 0 Å². The molecule has 3 atom stereocenters. The van der Waals surface area contributed by atoms with Crippen molar-refractivity contribution in [2.45, 2.75) is 196 Å². The number of rotatable bonds is 42. The topological polar surface area (TPSA) is 101 Å². The lowest BCUT2D eigenvalue weighted by atomic mass is 9.95. The molecule has 1 saturated heterocycles. The fraction of sp³-hybridized carbons (Fsp3) is 0.940. The minimum Gasteiger partial charge on any atom is -0.464 e. The molecular weight excluding hydrogens is 753 g/mol. The Hall–Kier alpha value is -1.75. The Morgan fingerprint density at radius 2 is 0.750 bits per heavy atom. The Kier molecular flexibility index (Phi) is 37.6. The molecule has 1 aliphatic rings. The van der Waals surface area contributed by atoms with Gasteiger partial charge in [-0.3, -0.25) is 29.1 Å². The standard InChI is InChI=1S/C50H98N4O6/c1-7-13-19-22-28-45(25-16-10-4)48(55)58-42-39-53(36-35-52-33-31-51-32-34-52)37-38-54(40-43-59-49(56)46(26-17-11-5)29-23-20-14-8-2)41-44-60-50(57)47(27-18-12-6)30-24-21-15-9-3/h45-47,51H,7-44H2,1-6H3. The summed E-state index contributed by atoms with van der Waals surface area (Å²) in [6, 6.07) is 0. The lowest BCUT2D eigenvalue weighted by Crippen LogP contribution is -2.47. The van der Waals surface area contributed by atoms with Crippen LogP contribution in [0, 0.1) is 17.8 Å². The number of hydrogen-bond donors (Lipinski definition) is 1. The fourth-order valence-electron chi connectivity index (χ4n) is 8.30. The first-order chi connectivity index (χ1) is 29.3. The number of carbonyl (C=O) groups is 3. The van der Waals surface area contributed by atoms with Crippen molar-refractivity contribution in [1.82, 2.24) is 20.0 Å². The molecule has 0 spiro atoms. The summed E-state index contributed by atoms with van der Waals surface area (Å²) >= 11 is 0. The second-order valence-electron chi connectivity index (χ2n) is 17.8. The highest BCUT2D eigenvalue weighted by Crippen LogP contribution is 2.21. The Balaban J connectivity index is 3.03. The highest BCUT2D eigenvalue weighted by atomic mass is 16.5. The van der Waals surface area contributed by atoms with Crippen molar-refractivity contribution in [3.8, 4) is 0 Å². The maximum atomic E-state index is 13.4. The number of ether oxygens (including phenoxy) is 3. The summed E-state index contributed by atoms with van der Waals surface area (Å²) < 4.78 is 18.0.